The van der Waals surface area contributed by atoms with E-state index in [2.05, 4.69) is 29.6 Å². The molecular formula is C17H31N5O2. The van der Waals surface area contributed by atoms with Crippen LogP contribution >= 0.6 is 0 Å². The van der Waals surface area contributed by atoms with Crippen molar-refractivity contribution in [1.29, 1.82) is 0 Å². The van der Waals surface area contributed by atoms with E-state index >= 15 is 0 Å². The molecule has 7 heteroatoms. The number of guanidine groups is 1. The molecule has 2 heterocycles. The Morgan fingerprint density at radius 2 is 2.38 bits per heavy atom. The molecule has 2 unspecified atom stereocenters. The Balaban J connectivity index is 1.85. The van der Waals surface area contributed by atoms with E-state index in [1.165, 1.54) is 0 Å². The number of aliphatic hydroxyl groups is 1. The first-order chi connectivity index (χ1) is 11.7. The SMILES string of the molecule is CCNC(=NCC1(CCO)CCOC1)NCC(C)Cn1cccn1. The van der Waals surface area contributed by atoms with Crippen LogP contribution in [0.1, 0.15) is 26.7 Å². The quantitative estimate of drug-likeness (QED) is 0.460. The van der Waals surface area contributed by atoms with Crippen LogP contribution in [0.2, 0.25) is 0 Å². The predicted molar refractivity (Wildman–Crippen MR) is 94.9 cm³/mol. The molecule has 24 heavy (non-hydrogen) atoms. The van der Waals surface area contributed by atoms with Crippen molar-refractivity contribution in [3.8, 4) is 0 Å². The van der Waals surface area contributed by atoms with Gasteiger partial charge in [-0.25, -0.2) is 0 Å². The average molecular weight is 337 g/mol. The van der Waals surface area contributed by atoms with Crippen LogP contribution in [0.15, 0.2) is 23.5 Å². The Morgan fingerprint density at radius 3 is 3.00 bits per heavy atom. The van der Waals surface area contributed by atoms with Gasteiger partial charge >= 0.3 is 0 Å². The number of aliphatic imine (C=N–C) groups is 1. The van der Waals surface area contributed by atoms with Crippen LogP contribution in [0, 0.1) is 11.3 Å². The fraction of sp³-hybridized carbons (Fsp3) is 0.765. The first-order valence-corrected chi connectivity index (χ1v) is 8.85. The predicted octanol–water partition coefficient (Wildman–Crippen LogP) is 0.863. The van der Waals surface area contributed by atoms with Crippen LogP contribution in [0.25, 0.3) is 0 Å². The highest BCUT2D eigenvalue weighted by molar-refractivity contribution is 5.79. The van der Waals surface area contributed by atoms with Crippen LogP contribution in [-0.2, 0) is 11.3 Å². The van der Waals surface area contributed by atoms with Crippen LogP contribution < -0.4 is 10.6 Å². The standard InChI is InChI=1S/C17H31N5O2/c1-3-18-16(19-11-15(2)12-22-8-4-7-21-22)20-13-17(5-9-23)6-10-24-14-17/h4,7-8,15,23H,3,5-6,9-14H2,1-2H3,(H2,18,19,20). The highest BCUT2D eigenvalue weighted by Crippen LogP contribution is 2.32. The zero-order valence-corrected chi connectivity index (χ0v) is 14.9. The zero-order chi connectivity index (χ0) is 17.3. The summed E-state index contributed by atoms with van der Waals surface area (Å²) in [6.07, 6.45) is 5.49. The summed E-state index contributed by atoms with van der Waals surface area (Å²) in [4.78, 5) is 4.74. The first kappa shape index (κ1) is 18.7. The fourth-order valence-corrected chi connectivity index (χ4v) is 2.94. The number of aromatic nitrogens is 2. The summed E-state index contributed by atoms with van der Waals surface area (Å²) in [5, 5.41) is 20.3. The molecule has 1 aromatic heterocycles. The Labute approximate surface area is 144 Å². The second-order valence-electron chi connectivity index (χ2n) is 6.69. The molecule has 1 aromatic rings. The van der Waals surface area contributed by atoms with Gasteiger partial charge in [0.05, 0.1) is 13.2 Å². The monoisotopic (exact) mass is 337 g/mol. The number of nitrogens with one attached hydrogen (secondary N) is 2. The normalized spacial score (nSPS) is 22.5. The lowest BCUT2D eigenvalue weighted by atomic mass is 9.84. The first-order valence-electron chi connectivity index (χ1n) is 8.85. The minimum absolute atomic E-state index is 0.0161. The molecule has 1 fully saturated rings. The van der Waals surface area contributed by atoms with Crippen molar-refractivity contribution in [3.63, 3.8) is 0 Å². The van der Waals surface area contributed by atoms with Gasteiger partial charge in [-0.15, -0.1) is 0 Å². The van der Waals surface area contributed by atoms with Gasteiger partial charge in [-0.1, -0.05) is 6.92 Å². The molecule has 0 spiro atoms. The Kier molecular flexibility index (Phi) is 7.52. The van der Waals surface area contributed by atoms with Gasteiger partial charge in [-0.2, -0.15) is 5.10 Å². The maximum atomic E-state index is 9.32. The van der Waals surface area contributed by atoms with Gasteiger partial charge in [0.15, 0.2) is 5.96 Å². The number of aliphatic hydroxyl groups excluding tert-OH is 1. The number of rotatable bonds is 9. The van der Waals surface area contributed by atoms with E-state index in [1.807, 2.05) is 16.9 Å². The van der Waals surface area contributed by atoms with Gasteiger partial charge in [-0.05, 0) is 31.7 Å². The summed E-state index contributed by atoms with van der Waals surface area (Å²) < 4.78 is 7.48. The smallest absolute Gasteiger partial charge is 0.191 e. The number of hydrogen-bond acceptors (Lipinski definition) is 4. The van der Waals surface area contributed by atoms with E-state index in [-0.39, 0.29) is 12.0 Å². The van der Waals surface area contributed by atoms with E-state index in [0.717, 1.165) is 45.0 Å². The summed E-state index contributed by atoms with van der Waals surface area (Å²) in [7, 11) is 0. The van der Waals surface area contributed by atoms with Crippen LogP contribution in [0.4, 0.5) is 0 Å². The van der Waals surface area contributed by atoms with Gasteiger partial charge in [0.1, 0.15) is 0 Å². The van der Waals surface area contributed by atoms with Crippen molar-refractivity contribution in [2.45, 2.75) is 33.2 Å². The lowest BCUT2D eigenvalue weighted by Gasteiger charge is -2.25. The van der Waals surface area contributed by atoms with Crippen molar-refractivity contribution >= 4 is 5.96 Å². The summed E-state index contributed by atoms with van der Waals surface area (Å²) in [6, 6.07) is 1.94. The van der Waals surface area contributed by atoms with Crippen LogP contribution in [-0.4, -0.2) is 60.3 Å². The van der Waals surface area contributed by atoms with Gasteiger partial charge in [0, 0.05) is 50.7 Å². The van der Waals surface area contributed by atoms with Crippen molar-refractivity contribution in [2.24, 2.45) is 16.3 Å². The molecule has 7 nitrogen and oxygen atoms in total. The topological polar surface area (TPSA) is 83.7 Å². The Bertz CT molecular complexity index is 483. The second-order valence-corrected chi connectivity index (χ2v) is 6.69. The van der Waals surface area contributed by atoms with Crippen molar-refractivity contribution in [2.75, 3.05) is 39.5 Å². The van der Waals surface area contributed by atoms with E-state index in [0.29, 0.717) is 19.1 Å². The van der Waals surface area contributed by atoms with Gasteiger partial charge < -0.3 is 20.5 Å². The fourth-order valence-electron chi connectivity index (χ4n) is 2.94. The van der Waals surface area contributed by atoms with Crippen molar-refractivity contribution < 1.29 is 9.84 Å². The van der Waals surface area contributed by atoms with E-state index in [9.17, 15) is 5.11 Å². The summed E-state index contributed by atoms with van der Waals surface area (Å²) in [5.41, 5.74) is -0.0161. The summed E-state index contributed by atoms with van der Waals surface area (Å²) >= 11 is 0. The zero-order valence-electron chi connectivity index (χ0n) is 14.9. The third-order valence-corrected chi connectivity index (χ3v) is 4.42. The maximum absolute atomic E-state index is 9.32. The minimum atomic E-state index is -0.0161. The molecule has 1 aliphatic rings. The van der Waals surface area contributed by atoms with Crippen LogP contribution in [0.3, 0.4) is 0 Å². The van der Waals surface area contributed by atoms with E-state index < -0.39 is 0 Å². The maximum Gasteiger partial charge on any atom is 0.191 e. The largest absolute Gasteiger partial charge is 0.396 e. The highest BCUT2D eigenvalue weighted by atomic mass is 16.5. The molecule has 0 radical (unpaired) electrons. The number of hydrogen-bond donors (Lipinski definition) is 3. The Morgan fingerprint density at radius 1 is 1.50 bits per heavy atom. The molecule has 0 saturated carbocycles. The molecule has 0 aliphatic carbocycles. The summed E-state index contributed by atoms with van der Waals surface area (Å²) in [5.74, 6) is 1.27. The number of ether oxygens (including phenoxy) is 1. The summed E-state index contributed by atoms with van der Waals surface area (Å²) in [6.45, 7) is 9.09. The van der Waals surface area contributed by atoms with Crippen molar-refractivity contribution in [3.05, 3.63) is 18.5 Å². The van der Waals surface area contributed by atoms with E-state index in [1.54, 1.807) is 6.20 Å². The molecule has 0 aromatic carbocycles. The Hall–Kier alpha value is -1.60. The highest BCUT2D eigenvalue weighted by Gasteiger charge is 2.34. The third kappa shape index (κ3) is 5.79. The third-order valence-electron chi connectivity index (χ3n) is 4.42. The number of nitrogens with zero attached hydrogens (tertiary/aromatic N) is 3. The average Bonchev–Trinajstić information content (AvgIpc) is 3.23. The van der Waals surface area contributed by atoms with E-state index in [4.69, 9.17) is 9.73 Å². The molecule has 2 rings (SSSR count). The molecule has 3 N–H and O–H groups in total. The van der Waals surface area contributed by atoms with Gasteiger partial charge in [0.2, 0.25) is 0 Å². The molecule has 1 saturated heterocycles. The lowest BCUT2D eigenvalue weighted by Crippen LogP contribution is -2.41. The molecule has 1 aliphatic heterocycles. The van der Waals surface area contributed by atoms with Gasteiger partial charge in [-0.3, -0.25) is 9.67 Å². The molecule has 136 valence electrons. The van der Waals surface area contributed by atoms with Crippen LogP contribution in [0.5, 0.6) is 0 Å². The van der Waals surface area contributed by atoms with Crippen molar-refractivity contribution in [1.82, 2.24) is 20.4 Å². The second kappa shape index (κ2) is 9.64. The molecule has 0 bridgehead atoms. The molecule has 0 amide bonds. The van der Waals surface area contributed by atoms with Gasteiger partial charge in [0.25, 0.3) is 0 Å². The molecule has 2 atom stereocenters. The lowest BCUT2D eigenvalue weighted by molar-refractivity contribution is 0.131. The molecular weight excluding hydrogens is 306 g/mol. The minimum Gasteiger partial charge on any atom is -0.396 e.